The highest BCUT2D eigenvalue weighted by Crippen LogP contribution is 2.20. The number of phenols is 2. The third kappa shape index (κ3) is 4.00. The Morgan fingerprint density at radius 1 is 1.22 bits per heavy atom. The summed E-state index contributed by atoms with van der Waals surface area (Å²) in [5.41, 5.74) is 1.57. The number of halogens is 1. The first-order valence-corrected chi connectivity index (χ1v) is 6.17. The molecule has 0 bridgehead atoms. The standard InChI is InChI=1S/C14H10FN3O5/c15-12-2-1-8(3-13(12)18(22)23)7-16-17-14(21)9-4-10(19)6-11(20)5-9/h1-7,19-20H,(H,17,21)/b16-7+. The van der Waals surface area contributed by atoms with Crippen molar-refractivity contribution in [1.82, 2.24) is 5.43 Å². The van der Waals surface area contributed by atoms with Crippen LogP contribution in [0.1, 0.15) is 15.9 Å². The fourth-order valence-electron chi connectivity index (χ4n) is 1.71. The van der Waals surface area contributed by atoms with Crippen LogP contribution in [0.2, 0.25) is 0 Å². The van der Waals surface area contributed by atoms with Crippen LogP contribution in [0, 0.1) is 15.9 Å². The molecule has 0 aliphatic rings. The molecule has 0 saturated heterocycles. The zero-order valence-electron chi connectivity index (χ0n) is 11.4. The lowest BCUT2D eigenvalue weighted by molar-refractivity contribution is -0.387. The van der Waals surface area contributed by atoms with E-state index in [0.717, 1.165) is 36.5 Å². The highest BCUT2D eigenvalue weighted by Gasteiger charge is 2.13. The molecule has 0 aromatic heterocycles. The summed E-state index contributed by atoms with van der Waals surface area (Å²) in [5, 5.41) is 32.7. The van der Waals surface area contributed by atoms with Crippen molar-refractivity contribution in [2.24, 2.45) is 5.10 Å². The molecule has 118 valence electrons. The molecule has 0 fully saturated rings. The number of hydrogen-bond donors (Lipinski definition) is 3. The van der Waals surface area contributed by atoms with E-state index in [2.05, 4.69) is 10.5 Å². The van der Waals surface area contributed by atoms with E-state index >= 15 is 0 Å². The predicted molar refractivity (Wildman–Crippen MR) is 77.9 cm³/mol. The van der Waals surface area contributed by atoms with Crippen molar-refractivity contribution in [2.45, 2.75) is 0 Å². The summed E-state index contributed by atoms with van der Waals surface area (Å²) in [5.74, 6) is -2.29. The molecule has 1 amide bonds. The molecule has 0 spiro atoms. The van der Waals surface area contributed by atoms with Crippen molar-refractivity contribution in [3.05, 3.63) is 63.5 Å². The summed E-state index contributed by atoms with van der Waals surface area (Å²) in [4.78, 5) is 21.5. The zero-order valence-corrected chi connectivity index (χ0v) is 11.4. The molecule has 2 aromatic rings. The van der Waals surface area contributed by atoms with Crippen LogP contribution in [0.4, 0.5) is 10.1 Å². The van der Waals surface area contributed by atoms with Crippen molar-refractivity contribution in [3.63, 3.8) is 0 Å². The van der Waals surface area contributed by atoms with E-state index < -0.39 is 22.3 Å². The van der Waals surface area contributed by atoms with Crippen LogP contribution in [0.15, 0.2) is 41.5 Å². The summed E-state index contributed by atoms with van der Waals surface area (Å²) >= 11 is 0. The number of amides is 1. The summed E-state index contributed by atoms with van der Waals surface area (Å²) in [7, 11) is 0. The minimum absolute atomic E-state index is 0.0373. The van der Waals surface area contributed by atoms with Crippen molar-refractivity contribution < 1.29 is 24.3 Å². The van der Waals surface area contributed by atoms with Gasteiger partial charge in [0.25, 0.3) is 5.91 Å². The number of phenolic OH excluding ortho intramolecular Hbond substituents is 2. The van der Waals surface area contributed by atoms with Gasteiger partial charge in [0.1, 0.15) is 11.5 Å². The number of carbonyl (C=O) groups is 1. The first kappa shape index (κ1) is 15.9. The van der Waals surface area contributed by atoms with Crippen LogP contribution < -0.4 is 5.43 Å². The number of benzene rings is 2. The normalized spacial score (nSPS) is 10.7. The molecule has 0 radical (unpaired) electrons. The topological polar surface area (TPSA) is 125 Å². The second-order valence-electron chi connectivity index (χ2n) is 4.41. The van der Waals surface area contributed by atoms with E-state index in [0.29, 0.717) is 0 Å². The van der Waals surface area contributed by atoms with Crippen LogP contribution in [-0.4, -0.2) is 27.3 Å². The van der Waals surface area contributed by atoms with E-state index in [4.69, 9.17) is 0 Å². The van der Waals surface area contributed by atoms with Crippen molar-refractivity contribution in [2.75, 3.05) is 0 Å². The molecule has 3 N–H and O–H groups in total. The lowest BCUT2D eigenvalue weighted by atomic mass is 10.2. The first-order chi connectivity index (χ1) is 10.9. The van der Waals surface area contributed by atoms with Crippen LogP contribution in [0.5, 0.6) is 11.5 Å². The summed E-state index contributed by atoms with van der Waals surface area (Å²) < 4.78 is 13.2. The van der Waals surface area contributed by atoms with Crippen LogP contribution >= 0.6 is 0 Å². The van der Waals surface area contributed by atoms with Crippen molar-refractivity contribution >= 4 is 17.8 Å². The number of hydrogen-bond acceptors (Lipinski definition) is 6. The van der Waals surface area contributed by atoms with Gasteiger partial charge in [0.15, 0.2) is 0 Å². The molecular weight excluding hydrogens is 309 g/mol. The number of nitro benzene ring substituents is 1. The minimum Gasteiger partial charge on any atom is -0.508 e. The SMILES string of the molecule is O=C(N/N=C/c1ccc(F)c([N+](=O)[O-])c1)c1cc(O)cc(O)c1. The average molecular weight is 319 g/mol. The van der Waals surface area contributed by atoms with Gasteiger partial charge in [-0.1, -0.05) is 0 Å². The smallest absolute Gasteiger partial charge is 0.305 e. The van der Waals surface area contributed by atoms with E-state index in [1.807, 2.05) is 0 Å². The van der Waals surface area contributed by atoms with Crippen LogP contribution in [-0.2, 0) is 0 Å². The number of rotatable bonds is 4. The predicted octanol–water partition coefficient (Wildman–Crippen LogP) is 1.91. The molecule has 2 rings (SSSR count). The molecule has 8 nitrogen and oxygen atoms in total. The Bertz CT molecular complexity index is 787. The molecular formula is C14H10FN3O5. The van der Waals surface area contributed by atoms with E-state index in [1.165, 1.54) is 6.07 Å². The van der Waals surface area contributed by atoms with Gasteiger partial charge in [-0.15, -0.1) is 0 Å². The maximum Gasteiger partial charge on any atom is 0.305 e. The number of nitrogens with zero attached hydrogens (tertiary/aromatic N) is 2. The fourth-order valence-corrected chi connectivity index (χ4v) is 1.71. The molecule has 9 heteroatoms. The Morgan fingerprint density at radius 3 is 2.48 bits per heavy atom. The summed E-state index contributed by atoms with van der Waals surface area (Å²) in [6, 6.07) is 6.41. The average Bonchev–Trinajstić information content (AvgIpc) is 2.47. The maximum atomic E-state index is 13.2. The number of nitrogens with one attached hydrogen (secondary N) is 1. The van der Waals surface area contributed by atoms with Gasteiger partial charge in [0, 0.05) is 23.3 Å². The summed E-state index contributed by atoms with van der Waals surface area (Å²) in [6.07, 6.45) is 1.09. The Balaban J connectivity index is 2.11. The molecule has 0 unspecified atom stereocenters. The van der Waals surface area contributed by atoms with Crippen LogP contribution in [0.3, 0.4) is 0 Å². The maximum absolute atomic E-state index is 13.2. The Hall–Kier alpha value is -3.49. The lowest BCUT2D eigenvalue weighted by Gasteiger charge is -2.02. The number of carbonyl (C=O) groups excluding carboxylic acids is 1. The van der Waals surface area contributed by atoms with E-state index in [1.54, 1.807) is 0 Å². The van der Waals surface area contributed by atoms with Gasteiger partial charge in [-0.25, -0.2) is 5.43 Å². The number of hydrazone groups is 1. The molecule has 23 heavy (non-hydrogen) atoms. The summed E-state index contributed by atoms with van der Waals surface area (Å²) in [6.45, 7) is 0. The van der Waals surface area contributed by atoms with Crippen molar-refractivity contribution in [1.29, 1.82) is 0 Å². The first-order valence-electron chi connectivity index (χ1n) is 6.17. The Morgan fingerprint density at radius 2 is 1.87 bits per heavy atom. The molecule has 0 aliphatic carbocycles. The van der Waals surface area contributed by atoms with E-state index in [9.17, 15) is 29.5 Å². The van der Waals surface area contributed by atoms with E-state index in [-0.39, 0.29) is 22.6 Å². The van der Waals surface area contributed by atoms with Gasteiger partial charge in [-0.2, -0.15) is 9.49 Å². The van der Waals surface area contributed by atoms with Gasteiger partial charge >= 0.3 is 5.69 Å². The van der Waals surface area contributed by atoms with Crippen LogP contribution in [0.25, 0.3) is 0 Å². The molecule has 0 atom stereocenters. The number of nitro groups is 1. The largest absolute Gasteiger partial charge is 0.508 e. The second-order valence-corrected chi connectivity index (χ2v) is 4.41. The van der Waals surface area contributed by atoms with Gasteiger partial charge in [-0.3, -0.25) is 14.9 Å². The second kappa shape index (κ2) is 6.52. The monoisotopic (exact) mass is 319 g/mol. The van der Waals surface area contributed by atoms with Gasteiger partial charge in [0.2, 0.25) is 5.82 Å². The molecule has 0 heterocycles. The van der Waals surface area contributed by atoms with Crippen molar-refractivity contribution in [3.8, 4) is 11.5 Å². The fraction of sp³-hybridized carbons (Fsp3) is 0. The molecule has 0 saturated carbocycles. The highest BCUT2D eigenvalue weighted by molar-refractivity contribution is 5.95. The highest BCUT2D eigenvalue weighted by atomic mass is 19.1. The zero-order chi connectivity index (χ0) is 17.0. The minimum atomic E-state index is -0.980. The van der Waals surface area contributed by atoms with Gasteiger partial charge < -0.3 is 10.2 Å². The van der Waals surface area contributed by atoms with Gasteiger partial charge in [0.05, 0.1) is 11.1 Å². The quantitative estimate of drug-likeness (QED) is 0.451. The Kier molecular flexibility index (Phi) is 4.50. The Labute approximate surface area is 128 Å². The lowest BCUT2D eigenvalue weighted by Crippen LogP contribution is -2.17. The molecule has 0 aliphatic heterocycles. The van der Waals surface area contributed by atoms with Gasteiger partial charge in [-0.05, 0) is 24.3 Å². The molecule has 2 aromatic carbocycles. The number of aromatic hydroxyl groups is 2. The third-order valence-electron chi connectivity index (χ3n) is 2.71. The third-order valence-corrected chi connectivity index (χ3v) is 2.71.